The summed E-state index contributed by atoms with van der Waals surface area (Å²) in [6, 6.07) is 9.08. The van der Waals surface area contributed by atoms with Gasteiger partial charge < -0.3 is 10.1 Å². The zero-order valence-corrected chi connectivity index (χ0v) is 12.7. The van der Waals surface area contributed by atoms with E-state index >= 15 is 0 Å². The first-order valence-electron chi connectivity index (χ1n) is 8.25. The number of hydrogen-bond donors (Lipinski definition) is 1. The molecule has 0 saturated carbocycles. The van der Waals surface area contributed by atoms with Crippen molar-refractivity contribution in [1.29, 1.82) is 0 Å². The van der Waals surface area contributed by atoms with E-state index in [1.807, 2.05) is 0 Å². The zero-order valence-electron chi connectivity index (χ0n) is 12.7. The molecule has 1 heterocycles. The summed E-state index contributed by atoms with van der Waals surface area (Å²) in [5.74, 6) is 0. The Morgan fingerprint density at radius 3 is 3.00 bits per heavy atom. The summed E-state index contributed by atoms with van der Waals surface area (Å²) in [6.07, 6.45) is 8.01. The van der Waals surface area contributed by atoms with E-state index in [1.165, 1.54) is 38.5 Å². The van der Waals surface area contributed by atoms with E-state index in [0.29, 0.717) is 11.5 Å². The maximum atomic E-state index is 5.95. The maximum Gasteiger partial charge on any atom is 0.0585 e. The van der Waals surface area contributed by atoms with Crippen molar-refractivity contribution in [1.82, 2.24) is 5.32 Å². The van der Waals surface area contributed by atoms with Crippen LogP contribution in [0.4, 0.5) is 0 Å². The van der Waals surface area contributed by atoms with Crippen molar-refractivity contribution >= 4 is 0 Å². The molecule has 0 bridgehead atoms. The number of hydrogen-bond acceptors (Lipinski definition) is 2. The number of benzene rings is 1. The number of rotatable bonds is 5. The largest absolute Gasteiger partial charge is 0.378 e. The van der Waals surface area contributed by atoms with Gasteiger partial charge >= 0.3 is 0 Å². The fraction of sp³-hybridized carbons (Fsp3) is 0.667. The average molecular weight is 273 g/mol. The summed E-state index contributed by atoms with van der Waals surface area (Å²) in [4.78, 5) is 0. The van der Waals surface area contributed by atoms with Gasteiger partial charge in [0.1, 0.15) is 0 Å². The third kappa shape index (κ3) is 2.77. The van der Waals surface area contributed by atoms with Gasteiger partial charge in [-0.05, 0) is 56.2 Å². The quantitative estimate of drug-likeness (QED) is 0.887. The summed E-state index contributed by atoms with van der Waals surface area (Å²) in [5, 5.41) is 3.62. The molecule has 0 aromatic heterocycles. The van der Waals surface area contributed by atoms with Crippen LogP contribution in [0.2, 0.25) is 0 Å². The van der Waals surface area contributed by atoms with Crippen LogP contribution in [0.15, 0.2) is 24.3 Å². The second-order valence-electron chi connectivity index (χ2n) is 6.41. The Balaban J connectivity index is 1.89. The molecule has 1 aliphatic carbocycles. The fourth-order valence-electron chi connectivity index (χ4n) is 4.08. The number of aryl methyl sites for hydroxylation is 1. The molecular formula is C18H27NO. The van der Waals surface area contributed by atoms with Gasteiger partial charge in [0.25, 0.3) is 0 Å². The molecular weight excluding hydrogens is 246 g/mol. The van der Waals surface area contributed by atoms with E-state index < -0.39 is 0 Å². The zero-order chi connectivity index (χ0) is 13.8. The minimum absolute atomic E-state index is 0.292. The molecule has 3 rings (SSSR count). The van der Waals surface area contributed by atoms with Gasteiger partial charge in [0, 0.05) is 18.6 Å². The molecule has 0 spiro atoms. The van der Waals surface area contributed by atoms with E-state index in [9.17, 15) is 0 Å². The standard InChI is InChI=1S/C18H27NO/c1-2-19-14-18(13-16-9-6-12-20-16)11-5-8-15-7-3-4-10-17(15)18/h3-4,7,10,16,19H,2,5-6,8-9,11-14H2,1H3. The lowest BCUT2D eigenvalue weighted by Gasteiger charge is -2.41. The Morgan fingerprint density at radius 2 is 2.20 bits per heavy atom. The van der Waals surface area contributed by atoms with Gasteiger partial charge in [0.15, 0.2) is 0 Å². The summed E-state index contributed by atoms with van der Waals surface area (Å²) in [7, 11) is 0. The molecule has 0 radical (unpaired) electrons. The third-order valence-electron chi connectivity index (χ3n) is 5.05. The van der Waals surface area contributed by atoms with Crippen LogP contribution < -0.4 is 5.32 Å². The molecule has 1 aliphatic heterocycles. The van der Waals surface area contributed by atoms with Crippen molar-refractivity contribution in [2.24, 2.45) is 0 Å². The van der Waals surface area contributed by atoms with Gasteiger partial charge in [0.05, 0.1) is 6.10 Å². The predicted octanol–water partition coefficient (Wildman–Crippen LogP) is 3.44. The van der Waals surface area contributed by atoms with Gasteiger partial charge in [-0.25, -0.2) is 0 Å². The van der Waals surface area contributed by atoms with Crippen LogP contribution in [-0.2, 0) is 16.6 Å². The fourth-order valence-corrected chi connectivity index (χ4v) is 4.08. The van der Waals surface area contributed by atoms with Gasteiger partial charge in [-0.15, -0.1) is 0 Å². The normalized spacial score (nSPS) is 29.4. The Morgan fingerprint density at radius 1 is 1.30 bits per heavy atom. The van der Waals surface area contributed by atoms with Crippen LogP contribution in [-0.4, -0.2) is 25.8 Å². The molecule has 110 valence electrons. The molecule has 2 atom stereocenters. The lowest BCUT2D eigenvalue weighted by atomic mass is 9.66. The molecule has 2 aliphatic rings. The average Bonchev–Trinajstić information content (AvgIpc) is 2.98. The van der Waals surface area contributed by atoms with Gasteiger partial charge in [-0.1, -0.05) is 31.2 Å². The Bertz CT molecular complexity index is 439. The molecule has 1 N–H and O–H groups in total. The molecule has 1 aromatic carbocycles. The smallest absolute Gasteiger partial charge is 0.0585 e. The lowest BCUT2D eigenvalue weighted by Crippen LogP contribution is -2.43. The monoisotopic (exact) mass is 273 g/mol. The first kappa shape index (κ1) is 14.1. The number of fused-ring (bicyclic) bond motifs is 1. The van der Waals surface area contributed by atoms with Crippen LogP contribution >= 0.6 is 0 Å². The summed E-state index contributed by atoms with van der Waals surface area (Å²) < 4.78 is 5.95. The van der Waals surface area contributed by atoms with Crippen molar-refractivity contribution in [3.8, 4) is 0 Å². The molecule has 1 fully saturated rings. The first-order chi connectivity index (χ1) is 9.84. The summed E-state index contributed by atoms with van der Waals surface area (Å²) in [5.41, 5.74) is 3.44. The van der Waals surface area contributed by atoms with E-state index in [4.69, 9.17) is 4.74 Å². The molecule has 0 amide bonds. The summed E-state index contributed by atoms with van der Waals surface area (Å²) in [6.45, 7) is 5.31. The van der Waals surface area contributed by atoms with Crippen LogP contribution in [0.5, 0.6) is 0 Å². The molecule has 1 saturated heterocycles. The van der Waals surface area contributed by atoms with Crippen LogP contribution in [0.1, 0.15) is 50.2 Å². The predicted molar refractivity (Wildman–Crippen MR) is 83.2 cm³/mol. The van der Waals surface area contributed by atoms with Crippen molar-refractivity contribution in [2.45, 2.75) is 57.0 Å². The highest BCUT2D eigenvalue weighted by Gasteiger charge is 2.38. The van der Waals surface area contributed by atoms with Gasteiger partial charge in [-0.3, -0.25) is 0 Å². The lowest BCUT2D eigenvalue weighted by molar-refractivity contribution is 0.0772. The highest BCUT2D eigenvalue weighted by molar-refractivity contribution is 5.37. The minimum atomic E-state index is 0.292. The maximum absolute atomic E-state index is 5.95. The Kier molecular flexibility index (Phi) is 4.42. The highest BCUT2D eigenvalue weighted by Crippen LogP contribution is 2.42. The third-order valence-corrected chi connectivity index (χ3v) is 5.05. The Hall–Kier alpha value is -0.860. The van der Waals surface area contributed by atoms with E-state index in [1.54, 1.807) is 11.1 Å². The number of ether oxygens (including phenoxy) is 1. The molecule has 2 nitrogen and oxygen atoms in total. The highest BCUT2D eigenvalue weighted by atomic mass is 16.5. The van der Waals surface area contributed by atoms with Crippen LogP contribution in [0.25, 0.3) is 0 Å². The topological polar surface area (TPSA) is 21.3 Å². The SMILES string of the molecule is CCNCC1(CC2CCCO2)CCCc2ccccc21. The Labute approximate surface area is 122 Å². The van der Waals surface area contributed by atoms with Crippen molar-refractivity contribution in [3.05, 3.63) is 35.4 Å². The number of likely N-dealkylation sites (N-methyl/N-ethyl adjacent to an activating group) is 1. The van der Waals surface area contributed by atoms with Crippen LogP contribution in [0, 0.1) is 0 Å². The number of nitrogens with one attached hydrogen (secondary N) is 1. The molecule has 1 aromatic rings. The van der Waals surface area contributed by atoms with E-state index in [2.05, 4.69) is 36.5 Å². The first-order valence-corrected chi connectivity index (χ1v) is 8.25. The minimum Gasteiger partial charge on any atom is -0.378 e. The van der Waals surface area contributed by atoms with Crippen molar-refractivity contribution in [2.75, 3.05) is 19.7 Å². The van der Waals surface area contributed by atoms with E-state index in [-0.39, 0.29) is 0 Å². The van der Waals surface area contributed by atoms with Gasteiger partial charge in [-0.2, -0.15) is 0 Å². The molecule has 2 unspecified atom stereocenters. The second-order valence-corrected chi connectivity index (χ2v) is 6.41. The molecule has 2 heteroatoms. The summed E-state index contributed by atoms with van der Waals surface area (Å²) >= 11 is 0. The van der Waals surface area contributed by atoms with Crippen molar-refractivity contribution in [3.63, 3.8) is 0 Å². The van der Waals surface area contributed by atoms with Gasteiger partial charge in [0.2, 0.25) is 0 Å². The van der Waals surface area contributed by atoms with E-state index in [0.717, 1.165) is 19.7 Å². The molecule has 20 heavy (non-hydrogen) atoms. The van der Waals surface area contributed by atoms with Crippen LogP contribution in [0.3, 0.4) is 0 Å². The second kappa shape index (κ2) is 6.28. The van der Waals surface area contributed by atoms with Crippen molar-refractivity contribution < 1.29 is 4.74 Å².